The van der Waals surface area contributed by atoms with Crippen molar-refractivity contribution < 1.29 is 17.9 Å². The molecule has 2 aromatic rings. The van der Waals surface area contributed by atoms with Crippen molar-refractivity contribution in [3.63, 3.8) is 0 Å². The molecule has 0 N–H and O–H groups in total. The lowest BCUT2D eigenvalue weighted by Crippen LogP contribution is -2.04. The maximum Gasteiger partial charge on any atom is 0.416 e. The summed E-state index contributed by atoms with van der Waals surface area (Å²) in [5.74, 6) is 0.356. The van der Waals surface area contributed by atoms with Crippen LogP contribution in [0.3, 0.4) is 0 Å². The van der Waals surface area contributed by atoms with E-state index in [1.165, 1.54) is 18.3 Å². The summed E-state index contributed by atoms with van der Waals surface area (Å²) in [4.78, 5) is 3.92. The van der Waals surface area contributed by atoms with Crippen molar-refractivity contribution in [1.29, 1.82) is 0 Å². The van der Waals surface area contributed by atoms with Crippen LogP contribution in [0.25, 0.3) is 0 Å². The van der Waals surface area contributed by atoms with Crippen LogP contribution < -0.4 is 4.74 Å². The molecule has 2 rings (SSSR count). The summed E-state index contributed by atoms with van der Waals surface area (Å²) in [7, 11) is 0. The first kappa shape index (κ1) is 14.1. The first-order valence-electron chi connectivity index (χ1n) is 5.02. The number of benzene rings is 1. The topological polar surface area (TPSA) is 22.1 Å². The molecule has 7 heteroatoms. The molecule has 0 bridgehead atoms. The average molecular weight is 353 g/mol. The van der Waals surface area contributed by atoms with Crippen LogP contribution in [0.5, 0.6) is 11.6 Å². The van der Waals surface area contributed by atoms with Crippen molar-refractivity contribution in [3.8, 4) is 11.6 Å². The van der Waals surface area contributed by atoms with Gasteiger partial charge >= 0.3 is 6.18 Å². The van der Waals surface area contributed by atoms with Crippen LogP contribution in [0.4, 0.5) is 13.2 Å². The number of ether oxygens (including phenoxy) is 1. The Morgan fingerprint density at radius 1 is 1.16 bits per heavy atom. The summed E-state index contributed by atoms with van der Waals surface area (Å²) < 4.78 is 43.1. The molecular formula is C12H6BrClF3NO. The van der Waals surface area contributed by atoms with Gasteiger partial charge in [-0.25, -0.2) is 4.98 Å². The van der Waals surface area contributed by atoms with E-state index in [0.717, 1.165) is 12.1 Å². The molecule has 0 radical (unpaired) electrons. The standard InChI is InChI=1S/C12H6BrClF3NO/c13-8-5-10(14)11(18-6-8)19-9-3-1-7(2-4-9)12(15,16)17/h1-6H. The Morgan fingerprint density at radius 3 is 2.32 bits per heavy atom. The van der Waals surface area contributed by atoms with Crippen LogP contribution in [-0.4, -0.2) is 4.98 Å². The van der Waals surface area contributed by atoms with Crippen molar-refractivity contribution in [2.75, 3.05) is 0 Å². The van der Waals surface area contributed by atoms with Crippen molar-refractivity contribution in [1.82, 2.24) is 4.98 Å². The minimum atomic E-state index is -4.37. The van der Waals surface area contributed by atoms with Gasteiger partial charge in [-0.2, -0.15) is 13.2 Å². The van der Waals surface area contributed by atoms with Gasteiger partial charge in [-0.05, 0) is 46.3 Å². The number of alkyl halides is 3. The van der Waals surface area contributed by atoms with Gasteiger partial charge < -0.3 is 4.74 Å². The van der Waals surface area contributed by atoms with Crippen LogP contribution >= 0.6 is 27.5 Å². The SMILES string of the molecule is FC(F)(F)c1ccc(Oc2ncc(Br)cc2Cl)cc1. The number of aromatic nitrogens is 1. The van der Waals surface area contributed by atoms with E-state index in [-0.39, 0.29) is 16.7 Å². The fourth-order valence-electron chi connectivity index (χ4n) is 1.30. The molecule has 0 amide bonds. The van der Waals surface area contributed by atoms with E-state index in [9.17, 15) is 13.2 Å². The second-order valence-electron chi connectivity index (χ2n) is 3.56. The maximum atomic E-state index is 12.4. The van der Waals surface area contributed by atoms with Gasteiger partial charge in [0, 0.05) is 10.7 Å². The number of hydrogen-bond donors (Lipinski definition) is 0. The normalized spacial score (nSPS) is 11.4. The first-order valence-corrected chi connectivity index (χ1v) is 6.19. The molecule has 1 aromatic heterocycles. The largest absolute Gasteiger partial charge is 0.438 e. The van der Waals surface area contributed by atoms with Crippen molar-refractivity contribution in [2.24, 2.45) is 0 Å². The Balaban J connectivity index is 2.20. The van der Waals surface area contributed by atoms with E-state index in [0.29, 0.717) is 4.47 Å². The molecule has 1 aromatic carbocycles. The summed E-state index contributed by atoms with van der Waals surface area (Å²) in [6.45, 7) is 0. The molecule has 0 saturated carbocycles. The Bertz CT molecular complexity index is 587. The molecule has 100 valence electrons. The number of hydrogen-bond acceptors (Lipinski definition) is 2. The molecule has 0 fully saturated rings. The smallest absolute Gasteiger partial charge is 0.416 e. The van der Waals surface area contributed by atoms with Gasteiger partial charge in [0.05, 0.1) is 5.56 Å². The third-order valence-electron chi connectivity index (χ3n) is 2.17. The van der Waals surface area contributed by atoms with E-state index < -0.39 is 11.7 Å². The van der Waals surface area contributed by atoms with Crippen LogP contribution in [-0.2, 0) is 6.18 Å². The highest BCUT2D eigenvalue weighted by Gasteiger charge is 2.30. The van der Waals surface area contributed by atoms with Crippen LogP contribution in [0.2, 0.25) is 5.02 Å². The highest BCUT2D eigenvalue weighted by atomic mass is 79.9. The lowest BCUT2D eigenvalue weighted by atomic mass is 10.2. The predicted octanol–water partition coefficient (Wildman–Crippen LogP) is 5.31. The monoisotopic (exact) mass is 351 g/mol. The predicted molar refractivity (Wildman–Crippen MR) is 68.5 cm³/mol. The van der Waals surface area contributed by atoms with Crippen molar-refractivity contribution in [3.05, 3.63) is 51.6 Å². The van der Waals surface area contributed by atoms with Crippen molar-refractivity contribution in [2.45, 2.75) is 6.18 Å². The highest BCUT2D eigenvalue weighted by molar-refractivity contribution is 9.10. The Morgan fingerprint density at radius 2 is 1.79 bits per heavy atom. The van der Waals surface area contributed by atoms with E-state index in [1.54, 1.807) is 6.07 Å². The van der Waals surface area contributed by atoms with Crippen molar-refractivity contribution >= 4 is 27.5 Å². The Kier molecular flexibility index (Phi) is 4.01. The fourth-order valence-corrected chi connectivity index (χ4v) is 1.97. The lowest BCUT2D eigenvalue weighted by Gasteiger charge is -2.09. The average Bonchev–Trinajstić information content (AvgIpc) is 2.32. The summed E-state index contributed by atoms with van der Waals surface area (Å²) in [5.41, 5.74) is -0.741. The third-order valence-corrected chi connectivity index (χ3v) is 2.87. The number of halogens is 5. The van der Waals surface area contributed by atoms with E-state index in [1.807, 2.05) is 0 Å². The molecule has 0 aliphatic carbocycles. The molecule has 0 aliphatic heterocycles. The molecule has 0 atom stereocenters. The molecule has 19 heavy (non-hydrogen) atoms. The summed E-state index contributed by atoms with van der Waals surface area (Å²) in [5, 5.41) is 0.259. The quantitative estimate of drug-likeness (QED) is 0.731. The second kappa shape index (κ2) is 5.38. The third kappa shape index (κ3) is 3.61. The zero-order valence-corrected chi connectivity index (χ0v) is 11.6. The van der Waals surface area contributed by atoms with Gasteiger partial charge in [0.2, 0.25) is 5.88 Å². The summed E-state index contributed by atoms with van der Waals surface area (Å²) in [6.07, 6.45) is -2.89. The number of nitrogens with zero attached hydrogens (tertiary/aromatic N) is 1. The lowest BCUT2D eigenvalue weighted by molar-refractivity contribution is -0.137. The van der Waals surface area contributed by atoms with Gasteiger partial charge in [0.15, 0.2) is 0 Å². The molecule has 0 saturated heterocycles. The maximum absolute atomic E-state index is 12.4. The molecule has 1 heterocycles. The minimum Gasteiger partial charge on any atom is -0.438 e. The van der Waals surface area contributed by atoms with Gasteiger partial charge in [0.25, 0.3) is 0 Å². The highest BCUT2D eigenvalue weighted by Crippen LogP contribution is 2.33. The molecule has 2 nitrogen and oxygen atoms in total. The van der Waals surface area contributed by atoms with Gasteiger partial charge in [-0.1, -0.05) is 11.6 Å². The summed E-state index contributed by atoms with van der Waals surface area (Å²) in [6, 6.07) is 5.86. The van der Waals surface area contributed by atoms with Gasteiger partial charge in [-0.15, -0.1) is 0 Å². The molecular weight excluding hydrogens is 346 g/mol. The fraction of sp³-hybridized carbons (Fsp3) is 0.0833. The van der Waals surface area contributed by atoms with E-state index in [4.69, 9.17) is 16.3 Å². The Labute approximate surface area is 120 Å². The summed E-state index contributed by atoms with van der Waals surface area (Å²) >= 11 is 9.07. The van der Waals surface area contributed by atoms with Gasteiger partial charge in [0.1, 0.15) is 10.8 Å². The van der Waals surface area contributed by atoms with Crippen LogP contribution in [0.15, 0.2) is 41.0 Å². The molecule has 0 aliphatic rings. The first-order chi connectivity index (χ1) is 8.86. The molecule has 0 unspecified atom stereocenters. The second-order valence-corrected chi connectivity index (χ2v) is 4.89. The van der Waals surface area contributed by atoms with E-state index in [2.05, 4.69) is 20.9 Å². The zero-order chi connectivity index (χ0) is 14.0. The Hall–Kier alpha value is -1.27. The van der Waals surface area contributed by atoms with Crippen LogP contribution in [0, 0.1) is 0 Å². The number of rotatable bonds is 2. The molecule has 0 spiro atoms. The van der Waals surface area contributed by atoms with Gasteiger partial charge in [-0.3, -0.25) is 0 Å². The van der Waals surface area contributed by atoms with Crippen LogP contribution in [0.1, 0.15) is 5.56 Å². The number of pyridine rings is 1. The van der Waals surface area contributed by atoms with E-state index >= 15 is 0 Å². The zero-order valence-electron chi connectivity index (χ0n) is 9.21. The minimum absolute atomic E-state index is 0.129.